The van der Waals surface area contributed by atoms with Gasteiger partial charge in [-0.2, -0.15) is 0 Å². The van der Waals surface area contributed by atoms with E-state index in [0.29, 0.717) is 11.9 Å². The van der Waals surface area contributed by atoms with E-state index in [1.165, 1.54) is 41.4 Å². The summed E-state index contributed by atoms with van der Waals surface area (Å²) < 4.78 is 0. The highest BCUT2D eigenvalue weighted by atomic mass is 32.1. The zero-order valence-electron chi connectivity index (χ0n) is 14.5. The minimum absolute atomic E-state index is 0.360. The molecule has 1 aromatic heterocycles. The topological polar surface area (TPSA) is 36.4 Å². The van der Waals surface area contributed by atoms with Crippen LogP contribution in [-0.2, 0) is 17.8 Å². The van der Waals surface area contributed by atoms with Crippen molar-refractivity contribution in [3.05, 3.63) is 15.6 Å². The van der Waals surface area contributed by atoms with Gasteiger partial charge in [0, 0.05) is 37.0 Å². The highest BCUT2D eigenvalue weighted by Crippen LogP contribution is 2.27. The van der Waals surface area contributed by atoms with Gasteiger partial charge in [0.25, 0.3) is 0 Å². The van der Waals surface area contributed by atoms with E-state index in [0.717, 1.165) is 45.3 Å². The lowest BCUT2D eigenvalue weighted by Crippen LogP contribution is -2.41. The smallest absolute Gasteiger partial charge is 0.222 e. The Hall–Kier alpha value is -0.940. The van der Waals surface area contributed by atoms with Crippen molar-refractivity contribution in [2.75, 3.05) is 19.6 Å². The normalized spacial score (nSPS) is 23.0. The van der Waals surface area contributed by atoms with Crippen LogP contribution in [0.5, 0.6) is 0 Å². The summed E-state index contributed by atoms with van der Waals surface area (Å²) >= 11 is 1.86. The molecule has 0 saturated carbocycles. The van der Waals surface area contributed by atoms with E-state index < -0.39 is 0 Å². The standard InChI is InChI=1S/C18H29N3OS/c1-3-16-17(23-14(2)19-16)13-21-10-5-4-7-15(21)9-12-20-11-6-8-18(20)22/h15H,3-13H2,1-2H3/t15-/m1/s1. The van der Waals surface area contributed by atoms with Crippen molar-refractivity contribution in [2.24, 2.45) is 0 Å². The van der Waals surface area contributed by atoms with E-state index >= 15 is 0 Å². The van der Waals surface area contributed by atoms with Crippen molar-refractivity contribution in [3.8, 4) is 0 Å². The number of thiazole rings is 1. The third kappa shape index (κ3) is 4.13. The maximum absolute atomic E-state index is 11.8. The average Bonchev–Trinajstić information content (AvgIpc) is 3.12. The first-order valence-electron chi connectivity index (χ1n) is 9.14. The highest BCUT2D eigenvalue weighted by Gasteiger charge is 2.26. The Morgan fingerprint density at radius 1 is 1.26 bits per heavy atom. The van der Waals surface area contributed by atoms with Crippen LogP contribution in [0.15, 0.2) is 0 Å². The molecule has 3 heterocycles. The quantitative estimate of drug-likeness (QED) is 0.799. The monoisotopic (exact) mass is 335 g/mol. The van der Waals surface area contributed by atoms with Crippen LogP contribution in [-0.4, -0.2) is 46.4 Å². The summed E-state index contributed by atoms with van der Waals surface area (Å²) in [5.41, 5.74) is 1.28. The van der Waals surface area contributed by atoms with Gasteiger partial charge in [0.05, 0.1) is 10.7 Å². The Labute approximate surface area is 143 Å². The molecular formula is C18H29N3OS. The molecule has 2 aliphatic rings. The van der Waals surface area contributed by atoms with Gasteiger partial charge >= 0.3 is 0 Å². The van der Waals surface area contributed by atoms with E-state index in [4.69, 9.17) is 0 Å². The van der Waals surface area contributed by atoms with Crippen molar-refractivity contribution in [1.82, 2.24) is 14.8 Å². The van der Waals surface area contributed by atoms with Gasteiger partial charge in [-0.3, -0.25) is 9.69 Å². The number of hydrogen-bond donors (Lipinski definition) is 0. The number of hydrogen-bond acceptors (Lipinski definition) is 4. The van der Waals surface area contributed by atoms with Crippen molar-refractivity contribution >= 4 is 17.2 Å². The molecule has 128 valence electrons. The lowest BCUT2D eigenvalue weighted by atomic mass is 9.99. The molecule has 4 nitrogen and oxygen atoms in total. The van der Waals surface area contributed by atoms with Gasteiger partial charge in [-0.05, 0) is 45.6 Å². The molecule has 2 saturated heterocycles. The maximum atomic E-state index is 11.8. The zero-order valence-corrected chi connectivity index (χ0v) is 15.3. The molecule has 2 fully saturated rings. The molecule has 0 aromatic carbocycles. The number of carbonyl (C=O) groups excluding carboxylic acids is 1. The van der Waals surface area contributed by atoms with Crippen LogP contribution in [0.25, 0.3) is 0 Å². The summed E-state index contributed by atoms with van der Waals surface area (Å²) in [7, 11) is 0. The molecule has 23 heavy (non-hydrogen) atoms. The molecule has 2 aliphatic heterocycles. The molecule has 3 rings (SSSR count). The molecule has 5 heteroatoms. The molecular weight excluding hydrogens is 306 g/mol. The Balaban J connectivity index is 1.60. The lowest BCUT2D eigenvalue weighted by Gasteiger charge is -2.36. The Morgan fingerprint density at radius 3 is 2.87 bits per heavy atom. The SMILES string of the molecule is CCc1nc(C)sc1CN1CCCC[C@@H]1CCN1CCCC1=O. The number of aromatic nitrogens is 1. The number of carbonyl (C=O) groups is 1. The molecule has 0 aliphatic carbocycles. The van der Waals surface area contributed by atoms with Crippen molar-refractivity contribution in [1.29, 1.82) is 0 Å². The summed E-state index contributed by atoms with van der Waals surface area (Å²) in [5, 5.41) is 1.19. The number of likely N-dealkylation sites (tertiary alicyclic amines) is 2. The summed E-state index contributed by atoms with van der Waals surface area (Å²) in [5.74, 6) is 0.360. The summed E-state index contributed by atoms with van der Waals surface area (Å²) in [4.78, 5) is 22.7. The van der Waals surface area contributed by atoms with Crippen molar-refractivity contribution in [2.45, 2.75) is 71.4 Å². The first kappa shape index (κ1) is 16.9. The van der Waals surface area contributed by atoms with Gasteiger partial charge in [-0.15, -0.1) is 11.3 Å². The van der Waals surface area contributed by atoms with Crippen molar-refractivity contribution < 1.29 is 4.79 Å². The highest BCUT2D eigenvalue weighted by molar-refractivity contribution is 7.11. The summed E-state index contributed by atoms with van der Waals surface area (Å²) in [6, 6.07) is 0.629. The van der Waals surface area contributed by atoms with Crippen LogP contribution < -0.4 is 0 Å². The Morgan fingerprint density at radius 2 is 2.13 bits per heavy atom. The molecule has 0 N–H and O–H groups in total. The number of rotatable bonds is 6. The number of aryl methyl sites for hydroxylation is 2. The van der Waals surface area contributed by atoms with Crippen LogP contribution >= 0.6 is 11.3 Å². The van der Waals surface area contributed by atoms with Gasteiger partial charge in [-0.25, -0.2) is 4.98 Å². The number of piperidine rings is 1. The maximum Gasteiger partial charge on any atom is 0.222 e. The fourth-order valence-electron chi connectivity index (χ4n) is 3.94. The third-order valence-electron chi connectivity index (χ3n) is 5.22. The molecule has 0 bridgehead atoms. The summed E-state index contributed by atoms with van der Waals surface area (Å²) in [6.45, 7) is 8.47. The fraction of sp³-hybridized carbons (Fsp3) is 0.778. The van der Waals surface area contributed by atoms with Crippen LogP contribution in [0.3, 0.4) is 0 Å². The second-order valence-corrected chi connectivity index (χ2v) is 8.14. The van der Waals surface area contributed by atoms with Crippen LogP contribution in [0.4, 0.5) is 0 Å². The minimum Gasteiger partial charge on any atom is -0.343 e. The van der Waals surface area contributed by atoms with Gasteiger partial charge in [-0.1, -0.05) is 13.3 Å². The summed E-state index contributed by atoms with van der Waals surface area (Å²) in [6.07, 6.45) is 7.88. The van der Waals surface area contributed by atoms with E-state index in [9.17, 15) is 4.79 Å². The zero-order chi connectivity index (χ0) is 16.2. The lowest BCUT2D eigenvalue weighted by molar-refractivity contribution is -0.127. The Kier molecular flexibility index (Phi) is 5.70. The molecule has 0 unspecified atom stereocenters. The molecule has 1 aromatic rings. The minimum atomic E-state index is 0.360. The van der Waals surface area contributed by atoms with E-state index in [-0.39, 0.29) is 0 Å². The predicted octanol–water partition coefficient (Wildman–Crippen LogP) is 3.38. The van der Waals surface area contributed by atoms with Gasteiger partial charge in [0.1, 0.15) is 0 Å². The van der Waals surface area contributed by atoms with Crippen LogP contribution in [0, 0.1) is 6.92 Å². The van der Waals surface area contributed by atoms with Crippen LogP contribution in [0.2, 0.25) is 0 Å². The van der Waals surface area contributed by atoms with Crippen LogP contribution in [0.1, 0.15) is 61.0 Å². The second-order valence-electron chi connectivity index (χ2n) is 6.85. The van der Waals surface area contributed by atoms with E-state index in [2.05, 4.69) is 28.6 Å². The largest absolute Gasteiger partial charge is 0.343 e. The van der Waals surface area contributed by atoms with E-state index in [1.54, 1.807) is 0 Å². The van der Waals surface area contributed by atoms with Gasteiger partial charge in [0.2, 0.25) is 5.91 Å². The molecule has 1 amide bonds. The fourth-order valence-corrected chi connectivity index (χ4v) is 4.99. The average molecular weight is 336 g/mol. The number of amides is 1. The first-order chi connectivity index (χ1) is 11.2. The molecule has 0 radical (unpaired) electrons. The van der Waals surface area contributed by atoms with Gasteiger partial charge in [0.15, 0.2) is 0 Å². The van der Waals surface area contributed by atoms with Crippen molar-refractivity contribution in [3.63, 3.8) is 0 Å². The third-order valence-corrected chi connectivity index (χ3v) is 6.22. The van der Waals surface area contributed by atoms with Gasteiger partial charge < -0.3 is 4.90 Å². The van der Waals surface area contributed by atoms with E-state index in [1.807, 2.05) is 11.3 Å². The molecule has 1 atom stereocenters. The predicted molar refractivity (Wildman–Crippen MR) is 94.7 cm³/mol. The first-order valence-corrected chi connectivity index (χ1v) is 9.96. The Bertz CT molecular complexity index is 542. The number of nitrogens with zero attached hydrogens (tertiary/aromatic N) is 3. The second kappa shape index (κ2) is 7.75. The molecule has 0 spiro atoms.